The molecule has 2 aromatic carbocycles. The second-order valence-corrected chi connectivity index (χ2v) is 6.98. The van der Waals surface area contributed by atoms with Crippen LogP contribution in [0.4, 0.5) is 0 Å². The number of hydrogen-bond donors (Lipinski definition) is 1. The van der Waals surface area contributed by atoms with Crippen LogP contribution in [-0.2, 0) is 17.8 Å². The maximum Gasteiger partial charge on any atom is 0.247 e. The molecule has 0 aliphatic heterocycles. The Morgan fingerprint density at radius 3 is 2.31 bits per heavy atom. The standard InChI is InChI=1S/C23H27NO2/c1-17-7-9-19(10-8-17)16-24-23(25)22-6-4-3-5-20(22)15-18-11-13-21(26-2)14-12-18/h7-14H,3-6,15-16H2,1-2H3,(H,24,25). The fourth-order valence-electron chi connectivity index (χ4n) is 3.42. The second-order valence-electron chi connectivity index (χ2n) is 6.98. The molecule has 1 amide bonds. The number of aryl methyl sites for hydroxylation is 1. The van der Waals surface area contributed by atoms with Crippen molar-refractivity contribution in [2.45, 2.75) is 45.6 Å². The van der Waals surface area contributed by atoms with Gasteiger partial charge in [-0.15, -0.1) is 0 Å². The molecular formula is C23H27NO2. The van der Waals surface area contributed by atoms with Crippen LogP contribution in [0.1, 0.15) is 42.4 Å². The third kappa shape index (κ3) is 4.75. The Bertz CT molecular complexity index is 773. The molecule has 0 fully saturated rings. The molecule has 3 nitrogen and oxygen atoms in total. The quantitative estimate of drug-likeness (QED) is 0.818. The van der Waals surface area contributed by atoms with Crippen molar-refractivity contribution in [2.75, 3.05) is 7.11 Å². The molecule has 136 valence electrons. The molecule has 0 unspecified atom stereocenters. The molecule has 0 spiro atoms. The molecule has 0 saturated carbocycles. The predicted molar refractivity (Wildman–Crippen MR) is 105 cm³/mol. The largest absolute Gasteiger partial charge is 0.497 e. The maximum absolute atomic E-state index is 12.8. The van der Waals surface area contributed by atoms with E-state index >= 15 is 0 Å². The zero-order valence-electron chi connectivity index (χ0n) is 15.7. The number of amides is 1. The number of methoxy groups -OCH3 is 1. The van der Waals surface area contributed by atoms with Gasteiger partial charge in [0.15, 0.2) is 0 Å². The van der Waals surface area contributed by atoms with Crippen LogP contribution in [0.5, 0.6) is 5.75 Å². The molecule has 0 aromatic heterocycles. The lowest BCUT2D eigenvalue weighted by molar-refractivity contribution is -0.117. The van der Waals surface area contributed by atoms with Gasteiger partial charge in [0.25, 0.3) is 0 Å². The van der Waals surface area contributed by atoms with Gasteiger partial charge in [0.2, 0.25) is 5.91 Å². The fraction of sp³-hybridized carbons (Fsp3) is 0.348. The Labute approximate surface area is 156 Å². The Kier molecular flexibility index (Phi) is 6.11. The number of hydrogen-bond acceptors (Lipinski definition) is 2. The molecule has 0 bridgehead atoms. The SMILES string of the molecule is COc1ccc(CC2=C(C(=O)NCc3ccc(C)cc3)CCCC2)cc1. The van der Waals surface area contributed by atoms with Gasteiger partial charge >= 0.3 is 0 Å². The van der Waals surface area contributed by atoms with Crippen LogP contribution in [-0.4, -0.2) is 13.0 Å². The molecule has 0 atom stereocenters. The molecule has 1 aliphatic rings. The van der Waals surface area contributed by atoms with E-state index < -0.39 is 0 Å². The van der Waals surface area contributed by atoms with Gasteiger partial charge < -0.3 is 10.1 Å². The zero-order chi connectivity index (χ0) is 18.4. The first-order valence-corrected chi connectivity index (χ1v) is 9.33. The van der Waals surface area contributed by atoms with Gasteiger partial charge in [-0.3, -0.25) is 4.79 Å². The Balaban J connectivity index is 1.68. The summed E-state index contributed by atoms with van der Waals surface area (Å²) >= 11 is 0. The Morgan fingerprint density at radius 2 is 1.62 bits per heavy atom. The highest BCUT2D eigenvalue weighted by Crippen LogP contribution is 2.28. The van der Waals surface area contributed by atoms with Crippen LogP contribution >= 0.6 is 0 Å². The Hall–Kier alpha value is -2.55. The lowest BCUT2D eigenvalue weighted by Gasteiger charge is -2.20. The first-order chi connectivity index (χ1) is 12.7. The minimum absolute atomic E-state index is 0.0915. The number of benzene rings is 2. The monoisotopic (exact) mass is 349 g/mol. The van der Waals surface area contributed by atoms with Gasteiger partial charge in [-0.1, -0.05) is 47.5 Å². The molecule has 1 aliphatic carbocycles. The van der Waals surface area contributed by atoms with E-state index in [-0.39, 0.29) is 5.91 Å². The highest BCUT2D eigenvalue weighted by Gasteiger charge is 2.19. The lowest BCUT2D eigenvalue weighted by atomic mass is 9.87. The van der Waals surface area contributed by atoms with E-state index in [0.29, 0.717) is 6.54 Å². The fourth-order valence-corrected chi connectivity index (χ4v) is 3.42. The summed E-state index contributed by atoms with van der Waals surface area (Å²) in [5.74, 6) is 0.955. The van der Waals surface area contributed by atoms with E-state index in [1.807, 2.05) is 12.1 Å². The summed E-state index contributed by atoms with van der Waals surface area (Å²) in [5, 5.41) is 3.11. The molecule has 0 radical (unpaired) electrons. The highest BCUT2D eigenvalue weighted by atomic mass is 16.5. The van der Waals surface area contributed by atoms with Gasteiger partial charge in [0.05, 0.1) is 7.11 Å². The first kappa shape index (κ1) is 18.2. The van der Waals surface area contributed by atoms with Crippen molar-refractivity contribution in [3.8, 4) is 5.75 Å². The van der Waals surface area contributed by atoms with E-state index in [2.05, 4.69) is 48.6 Å². The van der Waals surface area contributed by atoms with Gasteiger partial charge in [-0.25, -0.2) is 0 Å². The summed E-state index contributed by atoms with van der Waals surface area (Å²) in [6.07, 6.45) is 5.00. The molecule has 3 rings (SSSR count). The molecule has 26 heavy (non-hydrogen) atoms. The highest BCUT2D eigenvalue weighted by molar-refractivity contribution is 5.94. The van der Waals surface area contributed by atoms with Crippen LogP contribution < -0.4 is 10.1 Å². The van der Waals surface area contributed by atoms with Crippen molar-refractivity contribution < 1.29 is 9.53 Å². The molecule has 3 heteroatoms. The third-order valence-electron chi connectivity index (χ3n) is 5.01. The first-order valence-electron chi connectivity index (χ1n) is 9.33. The minimum Gasteiger partial charge on any atom is -0.497 e. The van der Waals surface area contributed by atoms with E-state index in [0.717, 1.165) is 42.6 Å². The van der Waals surface area contributed by atoms with Gasteiger partial charge in [0.1, 0.15) is 5.75 Å². The number of nitrogens with one attached hydrogen (secondary N) is 1. The van der Waals surface area contributed by atoms with Crippen molar-refractivity contribution in [1.29, 1.82) is 0 Å². The topological polar surface area (TPSA) is 38.3 Å². The number of allylic oxidation sites excluding steroid dienone is 1. The van der Waals surface area contributed by atoms with Crippen LogP contribution in [0.2, 0.25) is 0 Å². The molecule has 0 heterocycles. The summed E-state index contributed by atoms with van der Waals surface area (Å²) < 4.78 is 5.22. The van der Waals surface area contributed by atoms with Gasteiger partial charge in [-0.05, 0) is 62.3 Å². The summed E-state index contributed by atoms with van der Waals surface area (Å²) in [4.78, 5) is 12.8. The summed E-state index contributed by atoms with van der Waals surface area (Å²) in [7, 11) is 1.68. The molecule has 1 N–H and O–H groups in total. The third-order valence-corrected chi connectivity index (χ3v) is 5.01. The van der Waals surface area contributed by atoms with E-state index in [1.54, 1.807) is 7.11 Å². The lowest BCUT2D eigenvalue weighted by Crippen LogP contribution is -2.27. The second kappa shape index (κ2) is 8.70. The minimum atomic E-state index is 0.0915. The normalized spacial score (nSPS) is 14.2. The van der Waals surface area contributed by atoms with Crippen molar-refractivity contribution in [3.63, 3.8) is 0 Å². The van der Waals surface area contributed by atoms with Crippen molar-refractivity contribution in [3.05, 3.63) is 76.4 Å². The molecular weight excluding hydrogens is 322 g/mol. The van der Waals surface area contributed by atoms with E-state index in [9.17, 15) is 4.79 Å². The van der Waals surface area contributed by atoms with Gasteiger partial charge in [-0.2, -0.15) is 0 Å². The maximum atomic E-state index is 12.8. The van der Waals surface area contributed by atoms with Crippen LogP contribution in [0, 0.1) is 6.92 Å². The average molecular weight is 349 g/mol. The van der Waals surface area contributed by atoms with Crippen molar-refractivity contribution in [1.82, 2.24) is 5.32 Å². The number of rotatable bonds is 6. The van der Waals surface area contributed by atoms with Crippen LogP contribution in [0.15, 0.2) is 59.7 Å². The smallest absolute Gasteiger partial charge is 0.247 e. The van der Waals surface area contributed by atoms with E-state index in [1.165, 1.54) is 23.1 Å². The predicted octanol–water partition coefficient (Wildman–Crippen LogP) is 4.73. The Morgan fingerprint density at radius 1 is 0.962 bits per heavy atom. The summed E-state index contributed by atoms with van der Waals surface area (Å²) in [6.45, 7) is 2.65. The zero-order valence-corrected chi connectivity index (χ0v) is 15.7. The van der Waals surface area contributed by atoms with Crippen molar-refractivity contribution >= 4 is 5.91 Å². The molecule has 0 saturated heterocycles. The van der Waals surface area contributed by atoms with Crippen LogP contribution in [0.3, 0.4) is 0 Å². The van der Waals surface area contributed by atoms with Crippen LogP contribution in [0.25, 0.3) is 0 Å². The van der Waals surface area contributed by atoms with Crippen molar-refractivity contribution in [2.24, 2.45) is 0 Å². The van der Waals surface area contributed by atoms with Gasteiger partial charge in [0, 0.05) is 12.1 Å². The number of carbonyl (C=O) groups excluding carboxylic acids is 1. The molecule has 2 aromatic rings. The summed E-state index contributed by atoms with van der Waals surface area (Å²) in [5.41, 5.74) is 5.86. The number of ether oxygens (including phenoxy) is 1. The average Bonchev–Trinajstić information content (AvgIpc) is 2.68. The van der Waals surface area contributed by atoms with E-state index in [4.69, 9.17) is 4.74 Å². The number of carbonyl (C=O) groups is 1. The summed E-state index contributed by atoms with van der Waals surface area (Å²) in [6, 6.07) is 16.4.